The van der Waals surface area contributed by atoms with Gasteiger partial charge < -0.3 is 15.2 Å². The molecule has 106 valence electrons. The van der Waals surface area contributed by atoms with Crippen LogP contribution in [0.5, 0.6) is 0 Å². The fraction of sp³-hybridized carbons (Fsp3) is 0.750. The van der Waals surface area contributed by atoms with Crippen molar-refractivity contribution in [2.45, 2.75) is 57.9 Å². The van der Waals surface area contributed by atoms with E-state index in [0.717, 1.165) is 12.8 Å². The molecule has 1 aromatic rings. The summed E-state index contributed by atoms with van der Waals surface area (Å²) in [4.78, 5) is 11.7. The summed E-state index contributed by atoms with van der Waals surface area (Å²) < 4.78 is 6.91. The Balaban J connectivity index is 1.90. The highest BCUT2D eigenvalue weighted by Gasteiger charge is 2.35. The molecule has 2 unspecified atom stereocenters. The predicted octanol–water partition coefficient (Wildman–Crippen LogP) is 0.999. The number of amides is 1. The summed E-state index contributed by atoms with van der Waals surface area (Å²) in [6.07, 6.45) is 3.10. The van der Waals surface area contributed by atoms with E-state index in [9.17, 15) is 4.79 Å². The summed E-state index contributed by atoms with van der Waals surface area (Å²) in [5.74, 6) is 0. The van der Waals surface area contributed by atoms with E-state index < -0.39 is 11.7 Å². The normalized spacial score (nSPS) is 22.7. The van der Waals surface area contributed by atoms with Crippen LogP contribution in [0.4, 0.5) is 4.79 Å². The van der Waals surface area contributed by atoms with E-state index >= 15 is 0 Å². The SMILES string of the molecule is CC(C)(C)OC(=O)NC1CCC1n1cc(CO)nn1. The summed E-state index contributed by atoms with van der Waals surface area (Å²) in [5.41, 5.74) is 0.0311. The lowest BCUT2D eigenvalue weighted by molar-refractivity contribution is 0.0436. The standard InChI is InChI=1S/C12H20N4O3/c1-12(2,3)19-11(18)13-9-4-5-10(9)16-6-8(7-17)14-15-16/h6,9-10,17H,4-5,7H2,1-3H3,(H,13,18). The first-order valence-corrected chi connectivity index (χ1v) is 6.40. The van der Waals surface area contributed by atoms with Gasteiger partial charge in [0.05, 0.1) is 24.9 Å². The Kier molecular flexibility index (Phi) is 3.75. The second kappa shape index (κ2) is 5.16. The van der Waals surface area contributed by atoms with Crippen molar-refractivity contribution in [1.82, 2.24) is 20.3 Å². The Morgan fingerprint density at radius 2 is 2.32 bits per heavy atom. The van der Waals surface area contributed by atoms with Gasteiger partial charge in [-0.25, -0.2) is 9.48 Å². The van der Waals surface area contributed by atoms with Gasteiger partial charge in [-0.3, -0.25) is 0 Å². The summed E-state index contributed by atoms with van der Waals surface area (Å²) in [6, 6.07) is 0.0865. The zero-order valence-corrected chi connectivity index (χ0v) is 11.5. The Morgan fingerprint density at radius 3 is 2.79 bits per heavy atom. The van der Waals surface area contributed by atoms with Crippen molar-refractivity contribution in [2.24, 2.45) is 0 Å². The minimum absolute atomic E-state index is 0.00286. The van der Waals surface area contributed by atoms with Crippen molar-refractivity contribution in [1.29, 1.82) is 0 Å². The molecule has 0 aliphatic heterocycles. The maximum absolute atomic E-state index is 11.7. The van der Waals surface area contributed by atoms with E-state index in [-0.39, 0.29) is 18.7 Å². The Bertz CT molecular complexity index is 452. The van der Waals surface area contributed by atoms with E-state index in [1.165, 1.54) is 0 Å². The van der Waals surface area contributed by atoms with E-state index in [2.05, 4.69) is 15.6 Å². The number of hydrogen-bond donors (Lipinski definition) is 2. The van der Waals surface area contributed by atoms with Crippen LogP contribution in [-0.2, 0) is 11.3 Å². The Hall–Kier alpha value is -1.63. The number of carbonyl (C=O) groups is 1. The van der Waals surface area contributed by atoms with Crippen molar-refractivity contribution in [3.05, 3.63) is 11.9 Å². The summed E-state index contributed by atoms with van der Waals surface area (Å²) in [6.45, 7) is 5.36. The van der Waals surface area contributed by atoms with Gasteiger partial charge in [0.15, 0.2) is 0 Å². The van der Waals surface area contributed by atoms with Crippen molar-refractivity contribution in [3.8, 4) is 0 Å². The number of carbonyl (C=O) groups excluding carboxylic acids is 1. The number of nitrogens with one attached hydrogen (secondary N) is 1. The molecule has 7 nitrogen and oxygen atoms in total. The van der Waals surface area contributed by atoms with Crippen LogP contribution in [0.3, 0.4) is 0 Å². The second-order valence-electron chi connectivity index (χ2n) is 5.75. The molecule has 1 saturated carbocycles. The van der Waals surface area contributed by atoms with Gasteiger partial charge in [0.1, 0.15) is 11.3 Å². The van der Waals surface area contributed by atoms with Gasteiger partial charge in [0, 0.05) is 0 Å². The summed E-state index contributed by atoms with van der Waals surface area (Å²) >= 11 is 0. The fourth-order valence-corrected chi connectivity index (χ4v) is 1.97. The lowest BCUT2D eigenvalue weighted by atomic mass is 9.86. The van der Waals surface area contributed by atoms with Gasteiger partial charge in [-0.2, -0.15) is 0 Å². The molecule has 2 N–H and O–H groups in total. The smallest absolute Gasteiger partial charge is 0.407 e. The molecule has 1 fully saturated rings. The average Bonchev–Trinajstić information content (AvgIpc) is 2.70. The lowest BCUT2D eigenvalue weighted by Crippen LogP contribution is -2.49. The topological polar surface area (TPSA) is 89.3 Å². The van der Waals surface area contributed by atoms with Crippen molar-refractivity contribution >= 4 is 6.09 Å². The predicted molar refractivity (Wildman–Crippen MR) is 67.4 cm³/mol. The molecule has 19 heavy (non-hydrogen) atoms. The highest BCUT2D eigenvalue weighted by Crippen LogP contribution is 2.31. The van der Waals surface area contributed by atoms with Gasteiger partial charge in [-0.15, -0.1) is 5.10 Å². The maximum atomic E-state index is 11.7. The second-order valence-corrected chi connectivity index (χ2v) is 5.75. The molecule has 1 amide bonds. The first-order valence-electron chi connectivity index (χ1n) is 6.40. The van der Waals surface area contributed by atoms with E-state index in [0.29, 0.717) is 5.69 Å². The molecular weight excluding hydrogens is 248 g/mol. The molecule has 0 aromatic carbocycles. The maximum Gasteiger partial charge on any atom is 0.407 e. The van der Waals surface area contributed by atoms with Gasteiger partial charge in [0.25, 0.3) is 0 Å². The highest BCUT2D eigenvalue weighted by molar-refractivity contribution is 5.68. The number of aliphatic hydroxyl groups is 1. The Morgan fingerprint density at radius 1 is 1.58 bits per heavy atom. The molecule has 1 aliphatic rings. The summed E-state index contributed by atoms with van der Waals surface area (Å²) in [5, 5.41) is 19.6. The molecule has 0 bridgehead atoms. The number of hydrogen-bond acceptors (Lipinski definition) is 5. The third-order valence-electron chi connectivity index (χ3n) is 3.00. The van der Waals surface area contributed by atoms with Crippen LogP contribution in [0.2, 0.25) is 0 Å². The molecule has 0 saturated heterocycles. The number of ether oxygens (including phenoxy) is 1. The molecule has 0 spiro atoms. The zero-order valence-electron chi connectivity index (χ0n) is 11.5. The van der Waals surface area contributed by atoms with Crippen molar-refractivity contribution in [3.63, 3.8) is 0 Å². The van der Waals surface area contributed by atoms with Gasteiger partial charge in [-0.05, 0) is 33.6 Å². The molecule has 2 atom stereocenters. The fourth-order valence-electron chi connectivity index (χ4n) is 1.97. The third-order valence-corrected chi connectivity index (χ3v) is 3.00. The average molecular weight is 268 g/mol. The van der Waals surface area contributed by atoms with Crippen LogP contribution in [-0.4, -0.2) is 37.8 Å². The number of aromatic nitrogens is 3. The minimum Gasteiger partial charge on any atom is -0.444 e. The number of aliphatic hydroxyl groups excluding tert-OH is 1. The van der Waals surface area contributed by atoms with Crippen molar-refractivity contribution in [2.75, 3.05) is 0 Å². The monoisotopic (exact) mass is 268 g/mol. The lowest BCUT2D eigenvalue weighted by Gasteiger charge is -2.37. The molecule has 7 heteroatoms. The van der Waals surface area contributed by atoms with Gasteiger partial charge >= 0.3 is 6.09 Å². The van der Waals surface area contributed by atoms with Crippen LogP contribution < -0.4 is 5.32 Å². The van der Waals surface area contributed by atoms with Gasteiger partial charge in [-0.1, -0.05) is 5.21 Å². The molecule has 1 heterocycles. The van der Waals surface area contributed by atoms with E-state index in [1.807, 2.05) is 20.8 Å². The molecule has 2 rings (SSSR count). The number of rotatable bonds is 3. The summed E-state index contributed by atoms with van der Waals surface area (Å²) in [7, 11) is 0. The first kappa shape index (κ1) is 13.8. The Labute approximate surface area is 111 Å². The van der Waals surface area contributed by atoms with Crippen LogP contribution in [0, 0.1) is 0 Å². The van der Waals surface area contributed by atoms with E-state index in [1.54, 1.807) is 10.9 Å². The number of alkyl carbamates (subject to hydrolysis) is 1. The van der Waals surface area contributed by atoms with Crippen LogP contribution in [0.1, 0.15) is 45.3 Å². The van der Waals surface area contributed by atoms with Crippen LogP contribution in [0.25, 0.3) is 0 Å². The van der Waals surface area contributed by atoms with Crippen molar-refractivity contribution < 1.29 is 14.6 Å². The van der Waals surface area contributed by atoms with E-state index in [4.69, 9.17) is 9.84 Å². The van der Waals surface area contributed by atoms with Gasteiger partial charge in [0.2, 0.25) is 0 Å². The van der Waals surface area contributed by atoms with Crippen LogP contribution >= 0.6 is 0 Å². The highest BCUT2D eigenvalue weighted by atomic mass is 16.6. The largest absolute Gasteiger partial charge is 0.444 e. The third kappa shape index (κ3) is 3.44. The molecule has 0 radical (unpaired) electrons. The zero-order chi connectivity index (χ0) is 14.0. The first-order chi connectivity index (χ1) is 8.89. The molecule has 1 aliphatic carbocycles. The molecular formula is C12H20N4O3. The molecule has 1 aromatic heterocycles. The quantitative estimate of drug-likeness (QED) is 0.853. The van der Waals surface area contributed by atoms with Crippen LogP contribution in [0.15, 0.2) is 6.20 Å². The number of nitrogens with zero attached hydrogens (tertiary/aromatic N) is 3. The minimum atomic E-state index is -0.499.